The fraction of sp³-hybridized carbons (Fsp3) is 0.107. The molecular formula is C56H42. The first kappa shape index (κ1) is 32.9. The van der Waals surface area contributed by atoms with E-state index in [-0.39, 0.29) is 5.41 Å². The van der Waals surface area contributed by atoms with Crippen LogP contribution >= 0.6 is 0 Å². The normalized spacial score (nSPS) is 13.7. The monoisotopic (exact) mass is 714 g/mol. The fourth-order valence-corrected chi connectivity index (χ4v) is 10.5. The minimum Gasteiger partial charge on any atom is -0.0984 e. The lowest BCUT2D eigenvalue weighted by Gasteiger charge is -2.28. The molecule has 0 radical (unpaired) electrons. The summed E-state index contributed by atoms with van der Waals surface area (Å²) < 4.78 is 0. The highest BCUT2D eigenvalue weighted by molar-refractivity contribution is 6.21. The van der Waals surface area contributed by atoms with E-state index < -0.39 is 0 Å². The zero-order valence-electron chi connectivity index (χ0n) is 32.2. The summed E-state index contributed by atoms with van der Waals surface area (Å²) in [6.07, 6.45) is 4.05. The molecule has 0 heteroatoms. The number of benzene rings is 9. The third-order valence-corrected chi connectivity index (χ3v) is 13.4. The molecule has 0 N–H and O–H groups in total. The Morgan fingerprint density at radius 2 is 1.02 bits per heavy atom. The van der Waals surface area contributed by atoms with Gasteiger partial charge in [0.15, 0.2) is 0 Å². The quantitative estimate of drug-likeness (QED) is 0.159. The van der Waals surface area contributed by atoms with E-state index in [2.05, 4.69) is 191 Å². The molecule has 0 unspecified atom stereocenters. The second kappa shape index (κ2) is 12.3. The van der Waals surface area contributed by atoms with Crippen molar-refractivity contribution in [2.75, 3.05) is 0 Å². The van der Waals surface area contributed by atoms with Crippen LogP contribution in [0.1, 0.15) is 44.5 Å². The number of fused-ring (bicyclic) bond motifs is 11. The van der Waals surface area contributed by atoms with E-state index >= 15 is 0 Å². The summed E-state index contributed by atoms with van der Waals surface area (Å²) in [5, 5.41) is 7.80. The molecule has 0 saturated heterocycles. The van der Waals surface area contributed by atoms with Crippen molar-refractivity contribution < 1.29 is 0 Å². The summed E-state index contributed by atoms with van der Waals surface area (Å²) in [4.78, 5) is 0. The Morgan fingerprint density at radius 3 is 1.71 bits per heavy atom. The molecule has 266 valence electrons. The van der Waals surface area contributed by atoms with Gasteiger partial charge in [-0.15, -0.1) is 0 Å². The van der Waals surface area contributed by atoms with Gasteiger partial charge in [0.25, 0.3) is 0 Å². The first-order valence-electron chi connectivity index (χ1n) is 20.0. The van der Waals surface area contributed by atoms with Gasteiger partial charge in [0.1, 0.15) is 0 Å². The highest BCUT2D eigenvalue weighted by Crippen LogP contribution is 2.57. The van der Waals surface area contributed by atoms with Crippen LogP contribution in [0.4, 0.5) is 0 Å². The largest absolute Gasteiger partial charge is 0.0984 e. The van der Waals surface area contributed by atoms with E-state index in [4.69, 9.17) is 0 Å². The number of aryl methyl sites for hydroxylation is 1. The Hall–Kier alpha value is -6.50. The van der Waals surface area contributed by atoms with Crippen molar-refractivity contribution >= 4 is 38.4 Å². The zero-order valence-corrected chi connectivity index (χ0v) is 32.2. The van der Waals surface area contributed by atoms with Gasteiger partial charge in [-0.25, -0.2) is 0 Å². The molecule has 0 saturated carbocycles. The van der Waals surface area contributed by atoms with Crippen LogP contribution in [0, 0.1) is 20.8 Å². The summed E-state index contributed by atoms with van der Waals surface area (Å²) in [5.74, 6) is 0. The van der Waals surface area contributed by atoms with Gasteiger partial charge >= 0.3 is 0 Å². The molecule has 0 nitrogen and oxygen atoms in total. The van der Waals surface area contributed by atoms with Crippen LogP contribution < -0.4 is 0 Å². The molecule has 1 spiro atoms. The Bertz CT molecular complexity index is 3110. The summed E-state index contributed by atoms with van der Waals surface area (Å²) in [6, 6.07) is 59.8. The number of hydrogen-bond donors (Lipinski definition) is 0. The van der Waals surface area contributed by atoms with Crippen molar-refractivity contribution in [2.24, 2.45) is 0 Å². The van der Waals surface area contributed by atoms with Crippen LogP contribution in [0.2, 0.25) is 0 Å². The Kier molecular flexibility index (Phi) is 7.20. The lowest BCUT2D eigenvalue weighted by molar-refractivity contribution is 0.564. The third-order valence-electron chi connectivity index (χ3n) is 13.4. The van der Waals surface area contributed by atoms with Crippen molar-refractivity contribution in [3.05, 3.63) is 209 Å². The lowest BCUT2D eigenvalue weighted by Crippen LogP contribution is -2.26. The molecule has 9 aromatic carbocycles. The first-order valence-corrected chi connectivity index (χ1v) is 20.0. The van der Waals surface area contributed by atoms with Gasteiger partial charge in [0.05, 0.1) is 0 Å². The van der Waals surface area contributed by atoms with Crippen LogP contribution in [0.25, 0.3) is 82.9 Å². The Morgan fingerprint density at radius 1 is 0.429 bits per heavy atom. The van der Waals surface area contributed by atoms with Crippen LogP contribution in [0.3, 0.4) is 0 Å². The van der Waals surface area contributed by atoms with Gasteiger partial charge < -0.3 is 0 Å². The van der Waals surface area contributed by atoms with E-state index in [0.29, 0.717) is 0 Å². The molecule has 0 aromatic heterocycles. The zero-order chi connectivity index (χ0) is 37.7. The lowest BCUT2D eigenvalue weighted by atomic mass is 9.74. The maximum absolute atomic E-state index is 4.34. The fourth-order valence-electron chi connectivity index (χ4n) is 10.5. The highest BCUT2D eigenvalue weighted by atomic mass is 14.5. The summed E-state index contributed by atoms with van der Waals surface area (Å²) in [5.41, 5.74) is 21.2. The van der Waals surface area contributed by atoms with Gasteiger partial charge in [0.2, 0.25) is 0 Å². The Balaban J connectivity index is 1.14. The topological polar surface area (TPSA) is 0 Å². The molecular weight excluding hydrogens is 673 g/mol. The molecule has 0 heterocycles. The van der Waals surface area contributed by atoms with E-state index in [1.165, 1.54) is 121 Å². The Labute approximate surface area is 329 Å². The van der Waals surface area contributed by atoms with Crippen LogP contribution in [0.15, 0.2) is 164 Å². The van der Waals surface area contributed by atoms with Crippen LogP contribution in [-0.2, 0) is 18.3 Å². The maximum atomic E-state index is 4.34. The average Bonchev–Trinajstić information content (AvgIpc) is 3.76. The molecule has 0 bridgehead atoms. The predicted molar refractivity (Wildman–Crippen MR) is 240 cm³/mol. The van der Waals surface area contributed by atoms with Gasteiger partial charge in [-0.1, -0.05) is 146 Å². The van der Waals surface area contributed by atoms with Crippen LogP contribution in [-0.4, -0.2) is 0 Å². The highest BCUT2D eigenvalue weighted by Gasteiger charge is 2.47. The molecule has 2 aliphatic rings. The molecule has 11 rings (SSSR count). The van der Waals surface area contributed by atoms with Crippen molar-refractivity contribution in [3.63, 3.8) is 0 Å². The third kappa shape index (κ3) is 4.66. The van der Waals surface area contributed by atoms with Gasteiger partial charge in [0, 0.05) is 5.41 Å². The van der Waals surface area contributed by atoms with Crippen LogP contribution in [0.5, 0.6) is 0 Å². The van der Waals surface area contributed by atoms with Crippen molar-refractivity contribution in [1.29, 1.82) is 0 Å². The number of hydrogen-bond acceptors (Lipinski definition) is 0. The molecule has 0 aliphatic heterocycles. The van der Waals surface area contributed by atoms with E-state index in [1.807, 2.05) is 0 Å². The molecule has 0 fully saturated rings. The molecule has 2 aliphatic carbocycles. The van der Waals surface area contributed by atoms with E-state index in [0.717, 1.165) is 12.8 Å². The predicted octanol–water partition coefficient (Wildman–Crippen LogP) is 14.8. The molecule has 0 atom stereocenters. The molecule has 56 heavy (non-hydrogen) atoms. The van der Waals surface area contributed by atoms with E-state index in [1.54, 1.807) is 0 Å². The van der Waals surface area contributed by atoms with Gasteiger partial charge in [-0.05, 0) is 179 Å². The summed E-state index contributed by atoms with van der Waals surface area (Å²) in [6.45, 7) is 11.1. The maximum Gasteiger partial charge on any atom is 0.0296 e. The second-order valence-electron chi connectivity index (χ2n) is 16.2. The summed E-state index contributed by atoms with van der Waals surface area (Å²) in [7, 11) is 0. The molecule has 9 aromatic rings. The standard InChI is InChI=1S/C56H42/c1-5-42-35(3)36(4)50(43-18-10-6-14-34(43)2)30-51(42)38-23-26-48-49-27-24-39(29-55(49)56(54(48)28-38)32-40-16-7-8-17-41(40)33-56)52-31-53-44-19-11-9-15-37(44)22-25-47(53)45-20-12-13-21-46(45)52/h5-31H,1,32-33H2,2-4H3. The van der Waals surface area contributed by atoms with Crippen molar-refractivity contribution in [2.45, 2.75) is 39.0 Å². The average molecular weight is 715 g/mol. The number of rotatable bonds is 4. The van der Waals surface area contributed by atoms with Crippen molar-refractivity contribution in [3.8, 4) is 44.5 Å². The van der Waals surface area contributed by atoms with Gasteiger partial charge in [-0.2, -0.15) is 0 Å². The second-order valence-corrected chi connectivity index (χ2v) is 16.2. The van der Waals surface area contributed by atoms with Gasteiger partial charge in [-0.3, -0.25) is 0 Å². The first-order chi connectivity index (χ1) is 27.4. The van der Waals surface area contributed by atoms with E-state index in [9.17, 15) is 0 Å². The minimum absolute atomic E-state index is 0.160. The summed E-state index contributed by atoms with van der Waals surface area (Å²) >= 11 is 0. The minimum atomic E-state index is -0.160. The molecule has 0 amide bonds. The smallest absolute Gasteiger partial charge is 0.0296 e. The van der Waals surface area contributed by atoms with Crippen molar-refractivity contribution in [1.82, 2.24) is 0 Å². The SMILES string of the molecule is C=Cc1c(-c2ccc3c(c2)C2(Cc4ccccc4C2)c2cc(-c4cc5c6ccccc6ccc5c5ccccc45)ccc2-3)cc(-c2ccccc2C)c(C)c1C.